The molecule has 1 rings (SSSR count). The minimum absolute atomic E-state index is 0.0812. The monoisotopic (exact) mass is 305 g/mol. The van der Waals surface area contributed by atoms with Crippen LogP contribution in [0, 0.1) is 0 Å². The second-order valence-corrected chi connectivity index (χ2v) is 5.36. The zero-order chi connectivity index (χ0) is 16.4. The normalized spacial score (nSPS) is 10.5. The van der Waals surface area contributed by atoms with Crippen LogP contribution in [0.3, 0.4) is 0 Å². The van der Waals surface area contributed by atoms with Crippen molar-refractivity contribution in [3.63, 3.8) is 0 Å². The highest BCUT2D eigenvalue weighted by Gasteiger charge is 2.07. The zero-order valence-corrected chi connectivity index (χ0v) is 13.8. The lowest BCUT2D eigenvalue weighted by Crippen LogP contribution is -2.35. The predicted molar refractivity (Wildman–Crippen MR) is 90.1 cm³/mol. The Morgan fingerprint density at radius 1 is 1.00 bits per heavy atom. The van der Waals surface area contributed by atoms with Crippen molar-refractivity contribution in [1.29, 1.82) is 0 Å². The van der Waals surface area contributed by atoms with Crippen LogP contribution in [0.4, 0.5) is 5.69 Å². The van der Waals surface area contributed by atoms with Gasteiger partial charge in [-0.05, 0) is 50.2 Å². The molecule has 0 aliphatic rings. The first kappa shape index (κ1) is 18.2. The van der Waals surface area contributed by atoms with E-state index < -0.39 is 0 Å². The Balaban J connectivity index is 2.42. The molecule has 0 bridgehead atoms. The van der Waals surface area contributed by atoms with Crippen LogP contribution in [-0.4, -0.2) is 42.9 Å². The van der Waals surface area contributed by atoms with Crippen molar-refractivity contribution in [1.82, 2.24) is 10.2 Å². The van der Waals surface area contributed by atoms with Crippen LogP contribution in [0.25, 0.3) is 0 Å². The van der Waals surface area contributed by atoms with E-state index in [9.17, 15) is 9.59 Å². The van der Waals surface area contributed by atoms with E-state index in [1.54, 1.807) is 24.3 Å². The van der Waals surface area contributed by atoms with Crippen LogP contribution in [0.1, 0.15) is 44.0 Å². The highest BCUT2D eigenvalue weighted by atomic mass is 16.2. The fraction of sp³-hybridized carbons (Fsp3) is 0.529. The van der Waals surface area contributed by atoms with Crippen molar-refractivity contribution < 1.29 is 9.59 Å². The Morgan fingerprint density at radius 2 is 1.59 bits per heavy atom. The highest BCUT2D eigenvalue weighted by molar-refractivity contribution is 5.95. The van der Waals surface area contributed by atoms with Gasteiger partial charge in [-0.3, -0.25) is 9.59 Å². The quantitative estimate of drug-likeness (QED) is 0.737. The molecule has 1 aromatic rings. The Bertz CT molecular complexity index is 465. The molecular weight excluding hydrogens is 278 g/mol. The third-order valence-electron chi connectivity index (χ3n) is 3.26. The first-order valence-electron chi connectivity index (χ1n) is 7.95. The topological polar surface area (TPSA) is 61.4 Å². The van der Waals surface area contributed by atoms with Gasteiger partial charge >= 0.3 is 0 Å². The van der Waals surface area contributed by atoms with E-state index in [1.807, 2.05) is 0 Å². The average Bonchev–Trinajstić information content (AvgIpc) is 2.47. The molecule has 0 atom stereocenters. The molecule has 2 N–H and O–H groups in total. The Hall–Kier alpha value is -1.88. The molecule has 5 heteroatoms. The molecule has 5 nitrogen and oxygen atoms in total. The number of hydrogen-bond donors (Lipinski definition) is 2. The van der Waals surface area contributed by atoms with Gasteiger partial charge in [0.1, 0.15) is 0 Å². The summed E-state index contributed by atoms with van der Waals surface area (Å²) < 4.78 is 0. The van der Waals surface area contributed by atoms with Crippen molar-refractivity contribution >= 4 is 17.5 Å². The molecule has 0 saturated carbocycles. The summed E-state index contributed by atoms with van der Waals surface area (Å²) in [4.78, 5) is 25.4. The number of anilines is 1. The first-order valence-corrected chi connectivity index (χ1v) is 7.95. The number of carbonyl (C=O) groups is 2. The summed E-state index contributed by atoms with van der Waals surface area (Å²) in [6.45, 7) is 9.43. The zero-order valence-electron chi connectivity index (χ0n) is 13.8. The molecule has 0 aliphatic carbocycles. The molecule has 0 aliphatic heterocycles. The highest BCUT2D eigenvalue weighted by Crippen LogP contribution is 2.09. The number of nitrogens with one attached hydrogen (secondary N) is 2. The summed E-state index contributed by atoms with van der Waals surface area (Å²) in [5.74, 6) is -0.202. The van der Waals surface area contributed by atoms with Gasteiger partial charge in [0.05, 0.1) is 0 Å². The Morgan fingerprint density at radius 3 is 2.09 bits per heavy atom. The smallest absolute Gasteiger partial charge is 0.251 e. The minimum atomic E-state index is -0.121. The van der Waals surface area contributed by atoms with Crippen LogP contribution < -0.4 is 10.6 Å². The number of hydrogen-bond acceptors (Lipinski definition) is 3. The lowest BCUT2D eigenvalue weighted by atomic mass is 10.2. The number of carbonyl (C=O) groups excluding carboxylic acids is 2. The predicted octanol–water partition coefficient (Wildman–Crippen LogP) is 2.50. The van der Waals surface area contributed by atoms with Crippen molar-refractivity contribution in [3.8, 4) is 0 Å². The fourth-order valence-corrected chi connectivity index (χ4v) is 2.31. The summed E-state index contributed by atoms with van der Waals surface area (Å²) >= 11 is 0. The number of rotatable bonds is 9. The molecule has 0 spiro atoms. The van der Waals surface area contributed by atoms with Gasteiger partial charge in [-0.1, -0.05) is 13.8 Å². The van der Waals surface area contributed by atoms with Gasteiger partial charge in [-0.2, -0.15) is 0 Å². The summed E-state index contributed by atoms with van der Waals surface area (Å²) in [5.41, 5.74) is 1.30. The summed E-state index contributed by atoms with van der Waals surface area (Å²) in [7, 11) is 0. The fourth-order valence-electron chi connectivity index (χ4n) is 2.31. The van der Waals surface area contributed by atoms with Crippen molar-refractivity contribution in [2.45, 2.75) is 33.6 Å². The number of nitrogens with zero attached hydrogens (tertiary/aromatic N) is 1. The van der Waals surface area contributed by atoms with Crippen LogP contribution in [0.5, 0.6) is 0 Å². The van der Waals surface area contributed by atoms with Gasteiger partial charge in [-0.25, -0.2) is 0 Å². The van der Waals surface area contributed by atoms with E-state index in [0.29, 0.717) is 17.8 Å². The molecule has 1 aromatic carbocycles. The van der Waals surface area contributed by atoms with Crippen LogP contribution in [0.15, 0.2) is 24.3 Å². The molecule has 0 fully saturated rings. The average molecular weight is 305 g/mol. The maximum atomic E-state index is 12.1. The van der Waals surface area contributed by atoms with E-state index >= 15 is 0 Å². The number of benzene rings is 1. The Labute approximate surface area is 133 Å². The molecule has 2 amide bonds. The first-order chi connectivity index (χ1) is 10.6. The van der Waals surface area contributed by atoms with Gasteiger partial charge < -0.3 is 15.5 Å². The number of amides is 2. The van der Waals surface area contributed by atoms with E-state index in [2.05, 4.69) is 29.4 Å². The molecule has 0 saturated heterocycles. The molecule has 0 heterocycles. The standard InChI is InChI=1S/C17H27N3O2/c1-4-11-20(12-5-2)13-10-18-17(22)15-6-8-16(9-7-15)19-14(3)21/h6-9H,4-5,10-13H2,1-3H3,(H,18,22)(H,19,21). The van der Waals surface area contributed by atoms with Crippen LogP contribution in [0.2, 0.25) is 0 Å². The third kappa shape index (κ3) is 6.72. The van der Waals surface area contributed by atoms with E-state index in [-0.39, 0.29) is 11.8 Å². The summed E-state index contributed by atoms with van der Waals surface area (Å²) in [6, 6.07) is 6.90. The lowest BCUT2D eigenvalue weighted by Gasteiger charge is -2.20. The van der Waals surface area contributed by atoms with Crippen molar-refractivity contribution in [3.05, 3.63) is 29.8 Å². The molecular formula is C17H27N3O2. The summed E-state index contributed by atoms with van der Waals surface area (Å²) in [6.07, 6.45) is 2.25. The van der Waals surface area contributed by atoms with Gasteiger partial charge in [0.15, 0.2) is 0 Å². The second-order valence-electron chi connectivity index (χ2n) is 5.36. The largest absolute Gasteiger partial charge is 0.351 e. The van der Waals surface area contributed by atoms with E-state index in [4.69, 9.17) is 0 Å². The molecule has 122 valence electrons. The second kappa shape index (κ2) is 9.95. The molecule has 0 aromatic heterocycles. The maximum Gasteiger partial charge on any atom is 0.251 e. The van der Waals surface area contributed by atoms with Crippen molar-refractivity contribution in [2.24, 2.45) is 0 Å². The van der Waals surface area contributed by atoms with Crippen LogP contribution in [-0.2, 0) is 4.79 Å². The van der Waals surface area contributed by atoms with Crippen LogP contribution >= 0.6 is 0 Å². The molecule has 22 heavy (non-hydrogen) atoms. The third-order valence-corrected chi connectivity index (χ3v) is 3.26. The molecule has 0 unspecified atom stereocenters. The minimum Gasteiger partial charge on any atom is -0.351 e. The van der Waals surface area contributed by atoms with Gasteiger partial charge in [0.2, 0.25) is 5.91 Å². The van der Waals surface area contributed by atoms with Gasteiger partial charge in [0.25, 0.3) is 5.91 Å². The lowest BCUT2D eigenvalue weighted by molar-refractivity contribution is -0.114. The van der Waals surface area contributed by atoms with E-state index in [1.165, 1.54) is 6.92 Å². The van der Waals surface area contributed by atoms with Crippen molar-refractivity contribution in [2.75, 3.05) is 31.5 Å². The maximum absolute atomic E-state index is 12.1. The Kier molecular flexibility index (Phi) is 8.22. The molecule has 0 radical (unpaired) electrons. The summed E-state index contributed by atoms with van der Waals surface area (Å²) in [5, 5.41) is 5.62. The van der Waals surface area contributed by atoms with Gasteiger partial charge in [0, 0.05) is 31.3 Å². The van der Waals surface area contributed by atoms with E-state index in [0.717, 1.165) is 32.5 Å². The SMILES string of the molecule is CCCN(CCC)CCNC(=O)c1ccc(NC(C)=O)cc1. The van der Waals surface area contributed by atoms with Gasteiger partial charge in [-0.15, -0.1) is 0 Å².